The highest BCUT2D eigenvalue weighted by atomic mass is 16.5. The molecule has 0 saturated heterocycles. The lowest BCUT2D eigenvalue weighted by atomic mass is 10.0. The Kier molecular flexibility index (Phi) is 5.80. The van der Waals surface area contributed by atoms with Gasteiger partial charge in [0.2, 0.25) is 5.91 Å². The first-order chi connectivity index (χ1) is 14.7. The van der Waals surface area contributed by atoms with Crippen LogP contribution >= 0.6 is 0 Å². The highest BCUT2D eigenvalue weighted by molar-refractivity contribution is 6.02. The average molecular weight is 395 g/mol. The van der Waals surface area contributed by atoms with Gasteiger partial charge in [0.05, 0.1) is 30.0 Å². The average Bonchev–Trinajstić information content (AvgIpc) is 2.78. The maximum atomic E-state index is 12.4. The van der Waals surface area contributed by atoms with Crippen LogP contribution in [0.1, 0.15) is 16.8 Å². The van der Waals surface area contributed by atoms with Gasteiger partial charge in [0.15, 0.2) is 0 Å². The van der Waals surface area contributed by atoms with E-state index >= 15 is 0 Å². The molecule has 0 bridgehead atoms. The molecular weight excluding hydrogens is 374 g/mol. The number of methoxy groups -OCH3 is 1. The van der Waals surface area contributed by atoms with E-state index < -0.39 is 0 Å². The van der Waals surface area contributed by atoms with Crippen LogP contribution in [0.15, 0.2) is 85.1 Å². The van der Waals surface area contributed by atoms with Crippen molar-refractivity contribution in [1.82, 2.24) is 9.97 Å². The van der Waals surface area contributed by atoms with Gasteiger partial charge in [0.1, 0.15) is 5.75 Å². The molecule has 0 unspecified atom stereocenters. The lowest BCUT2D eigenvalue weighted by Gasteiger charge is -2.11. The van der Waals surface area contributed by atoms with Crippen LogP contribution < -0.4 is 10.1 Å². The molecule has 0 spiro atoms. The largest absolute Gasteiger partial charge is 0.496 e. The topological polar surface area (TPSA) is 64.1 Å². The van der Waals surface area contributed by atoms with Crippen molar-refractivity contribution in [2.75, 3.05) is 12.4 Å². The summed E-state index contributed by atoms with van der Waals surface area (Å²) in [6.45, 7) is 0. The standard InChI is InChI=1S/C25H21N3O2/c1-30-24-13-11-20(16-19(24)15-18-7-3-2-4-8-18)28-25(29)14-12-21-17-26-22-9-5-6-10-23(22)27-21/h2-14,16-17H,15H2,1H3,(H,28,29). The maximum absolute atomic E-state index is 12.4. The van der Waals surface area contributed by atoms with Gasteiger partial charge in [-0.3, -0.25) is 9.78 Å². The summed E-state index contributed by atoms with van der Waals surface area (Å²) in [7, 11) is 1.65. The van der Waals surface area contributed by atoms with Crippen LogP contribution in [-0.4, -0.2) is 23.0 Å². The fourth-order valence-corrected chi connectivity index (χ4v) is 3.21. The second-order valence-corrected chi connectivity index (χ2v) is 6.80. The van der Waals surface area contributed by atoms with Gasteiger partial charge in [-0.05, 0) is 42.0 Å². The van der Waals surface area contributed by atoms with Crippen molar-refractivity contribution >= 4 is 28.7 Å². The molecule has 5 nitrogen and oxygen atoms in total. The van der Waals surface area contributed by atoms with Crippen LogP contribution in [0, 0.1) is 0 Å². The molecule has 5 heteroatoms. The molecule has 1 amide bonds. The number of ether oxygens (including phenoxy) is 1. The lowest BCUT2D eigenvalue weighted by Crippen LogP contribution is -2.08. The molecule has 0 radical (unpaired) electrons. The van der Waals surface area contributed by atoms with Gasteiger partial charge in [-0.25, -0.2) is 4.98 Å². The molecular formula is C25H21N3O2. The summed E-state index contributed by atoms with van der Waals surface area (Å²) in [5.41, 5.74) is 5.13. The smallest absolute Gasteiger partial charge is 0.248 e. The zero-order valence-electron chi connectivity index (χ0n) is 16.6. The number of fused-ring (bicyclic) bond motifs is 1. The van der Waals surface area contributed by atoms with E-state index in [0.717, 1.165) is 28.8 Å². The summed E-state index contributed by atoms with van der Waals surface area (Å²) in [6.07, 6.45) is 5.48. The summed E-state index contributed by atoms with van der Waals surface area (Å²) in [5.74, 6) is 0.555. The van der Waals surface area contributed by atoms with Crippen molar-refractivity contribution in [3.8, 4) is 5.75 Å². The number of aromatic nitrogens is 2. The summed E-state index contributed by atoms with van der Waals surface area (Å²) in [5, 5.41) is 2.90. The van der Waals surface area contributed by atoms with E-state index in [0.29, 0.717) is 11.4 Å². The van der Waals surface area contributed by atoms with Gasteiger partial charge < -0.3 is 10.1 Å². The van der Waals surface area contributed by atoms with E-state index in [1.54, 1.807) is 19.4 Å². The van der Waals surface area contributed by atoms with Gasteiger partial charge in [0.25, 0.3) is 0 Å². The second kappa shape index (κ2) is 9.01. The zero-order valence-corrected chi connectivity index (χ0v) is 16.6. The first kappa shape index (κ1) is 19.3. The monoisotopic (exact) mass is 395 g/mol. The number of hydrogen-bond acceptors (Lipinski definition) is 4. The minimum atomic E-state index is -0.235. The molecule has 0 aliphatic carbocycles. The van der Waals surface area contributed by atoms with E-state index in [1.165, 1.54) is 11.6 Å². The van der Waals surface area contributed by atoms with Gasteiger partial charge in [-0.1, -0.05) is 42.5 Å². The molecule has 0 aliphatic heterocycles. The fourth-order valence-electron chi connectivity index (χ4n) is 3.21. The molecule has 1 aromatic heterocycles. The van der Waals surface area contributed by atoms with Crippen LogP contribution in [0.3, 0.4) is 0 Å². The van der Waals surface area contributed by atoms with E-state index in [4.69, 9.17) is 4.74 Å². The van der Waals surface area contributed by atoms with Gasteiger partial charge in [-0.15, -0.1) is 0 Å². The van der Waals surface area contributed by atoms with Gasteiger partial charge >= 0.3 is 0 Å². The van der Waals surface area contributed by atoms with E-state index in [9.17, 15) is 4.79 Å². The zero-order chi connectivity index (χ0) is 20.8. The molecule has 148 valence electrons. The number of rotatable bonds is 6. The summed E-state index contributed by atoms with van der Waals surface area (Å²) in [6, 6.07) is 23.4. The number of nitrogens with zero attached hydrogens (tertiary/aromatic N) is 2. The predicted molar refractivity (Wildman–Crippen MR) is 119 cm³/mol. The van der Waals surface area contributed by atoms with Crippen LogP contribution in [0.2, 0.25) is 0 Å². The van der Waals surface area contributed by atoms with Crippen molar-refractivity contribution in [3.63, 3.8) is 0 Å². The van der Waals surface area contributed by atoms with Crippen LogP contribution in [-0.2, 0) is 11.2 Å². The number of carbonyl (C=O) groups is 1. The number of carbonyl (C=O) groups excluding carboxylic acids is 1. The van der Waals surface area contributed by atoms with Crippen molar-refractivity contribution in [3.05, 3.63) is 102 Å². The molecule has 1 heterocycles. The van der Waals surface area contributed by atoms with Crippen molar-refractivity contribution < 1.29 is 9.53 Å². The van der Waals surface area contributed by atoms with Gasteiger partial charge in [0, 0.05) is 23.7 Å². The van der Waals surface area contributed by atoms with Crippen LogP contribution in [0.4, 0.5) is 5.69 Å². The Labute approximate surface area is 175 Å². The van der Waals surface area contributed by atoms with E-state index in [1.807, 2.05) is 60.7 Å². The third kappa shape index (κ3) is 4.70. The number of hydrogen-bond donors (Lipinski definition) is 1. The summed E-state index contributed by atoms with van der Waals surface area (Å²) < 4.78 is 5.48. The molecule has 0 saturated carbocycles. The Balaban J connectivity index is 1.48. The minimum absolute atomic E-state index is 0.235. The van der Waals surface area contributed by atoms with Gasteiger partial charge in [-0.2, -0.15) is 0 Å². The normalized spacial score (nSPS) is 11.0. The van der Waals surface area contributed by atoms with Crippen LogP contribution in [0.5, 0.6) is 5.75 Å². The number of amides is 1. The molecule has 0 atom stereocenters. The second-order valence-electron chi connectivity index (χ2n) is 6.80. The van der Waals surface area contributed by atoms with Crippen molar-refractivity contribution in [1.29, 1.82) is 0 Å². The Hall–Kier alpha value is -3.99. The Bertz CT molecular complexity index is 1200. The molecule has 0 fully saturated rings. The molecule has 30 heavy (non-hydrogen) atoms. The van der Waals surface area contributed by atoms with Crippen molar-refractivity contribution in [2.45, 2.75) is 6.42 Å². The lowest BCUT2D eigenvalue weighted by molar-refractivity contribution is -0.111. The molecule has 3 aromatic carbocycles. The first-order valence-electron chi connectivity index (χ1n) is 9.63. The Morgan fingerprint density at radius 2 is 1.77 bits per heavy atom. The third-order valence-corrected chi connectivity index (χ3v) is 4.66. The van der Waals surface area contributed by atoms with E-state index in [-0.39, 0.29) is 5.91 Å². The molecule has 4 rings (SSSR count). The first-order valence-corrected chi connectivity index (χ1v) is 9.63. The number of para-hydroxylation sites is 2. The third-order valence-electron chi connectivity index (χ3n) is 4.66. The molecule has 4 aromatic rings. The number of anilines is 1. The highest BCUT2D eigenvalue weighted by Crippen LogP contribution is 2.25. The predicted octanol–water partition coefficient (Wildman–Crippen LogP) is 4.88. The molecule has 0 aliphatic rings. The summed E-state index contributed by atoms with van der Waals surface area (Å²) in [4.78, 5) is 21.2. The number of benzene rings is 3. The molecule has 1 N–H and O–H groups in total. The Morgan fingerprint density at radius 1 is 1.00 bits per heavy atom. The SMILES string of the molecule is COc1ccc(NC(=O)C=Cc2cnc3ccccc3n2)cc1Cc1ccccc1. The van der Waals surface area contributed by atoms with Crippen molar-refractivity contribution in [2.24, 2.45) is 0 Å². The van der Waals surface area contributed by atoms with E-state index in [2.05, 4.69) is 27.4 Å². The Morgan fingerprint density at radius 3 is 2.57 bits per heavy atom. The highest BCUT2D eigenvalue weighted by Gasteiger charge is 2.07. The fraction of sp³-hybridized carbons (Fsp3) is 0.0800. The minimum Gasteiger partial charge on any atom is -0.496 e. The quantitative estimate of drug-likeness (QED) is 0.473. The maximum Gasteiger partial charge on any atom is 0.248 e. The van der Waals surface area contributed by atoms with Crippen LogP contribution in [0.25, 0.3) is 17.1 Å². The number of nitrogens with one attached hydrogen (secondary N) is 1. The summed E-state index contributed by atoms with van der Waals surface area (Å²) >= 11 is 0.